The van der Waals surface area contributed by atoms with E-state index >= 15 is 0 Å². The summed E-state index contributed by atoms with van der Waals surface area (Å²) in [4.78, 5) is 0. The van der Waals surface area contributed by atoms with Gasteiger partial charge in [0.2, 0.25) is 10.0 Å². The van der Waals surface area contributed by atoms with Crippen LogP contribution in [-0.4, -0.2) is 33.3 Å². The first-order chi connectivity index (χ1) is 13.6. The predicted molar refractivity (Wildman–Crippen MR) is 113 cm³/mol. The molecule has 3 rings (SSSR count). The summed E-state index contributed by atoms with van der Waals surface area (Å²) in [7, 11) is -3.53. The highest BCUT2D eigenvalue weighted by Crippen LogP contribution is 2.30. The van der Waals surface area contributed by atoms with E-state index in [2.05, 4.69) is 4.72 Å². The fourth-order valence-corrected chi connectivity index (χ4v) is 3.73. The molecule has 5 nitrogen and oxygen atoms in total. The Labute approximate surface area is 165 Å². The Kier molecular flexibility index (Phi) is 6.81. The van der Waals surface area contributed by atoms with E-state index in [9.17, 15) is 8.42 Å². The fraction of sp³-hybridized carbons (Fsp3) is 0.182. The molecule has 0 fully saturated rings. The monoisotopic (exact) mass is 397 g/mol. The molecular formula is C22H23NO4S. The van der Waals surface area contributed by atoms with Crippen molar-refractivity contribution in [2.45, 2.75) is 6.42 Å². The lowest BCUT2D eigenvalue weighted by molar-refractivity contribution is 0.202. The molecule has 0 heterocycles. The van der Waals surface area contributed by atoms with Crippen molar-refractivity contribution in [3.63, 3.8) is 0 Å². The summed E-state index contributed by atoms with van der Waals surface area (Å²) in [6, 6.07) is 21.0. The molecule has 0 radical (unpaired) electrons. The third kappa shape index (κ3) is 5.42. The van der Waals surface area contributed by atoms with Crippen LogP contribution < -0.4 is 9.46 Å². The van der Waals surface area contributed by atoms with Gasteiger partial charge in [-0.2, -0.15) is 0 Å². The number of ether oxygens (including phenoxy) is 1. The van der Waals surface area contributed by atoms with Crippen LogP contribution in [0.4, 0.5) is 0 Å². The predicted octanol–water partition coefficient (Wildman–Crippen LogP) is 3.34. The number of aliphatic hydroxyl groups excluding tert-OH is 1. The van der Waals surface area contributed by atoms with Gasteiger partial charge in [-0.25, -0.2) is 13.1 Å². The summed E-state index contributed by atoms with van der Waals surface area (Å²) < 4.78 is 32.7. The van der Waals surface area contributed by atoms with Crippen molar-refractivity contribution in [3.05, 3.63) is 83.3 Å². The van der Waals surface area contributed by atoms with Gasteiger partial charge in [-0.15, -0.1) is 0 Å². The van der Waals surface area contributed by atoms with Crippen LogP contribution in [0.2, 0.25) is 0 Å². The molecule has 0 aliphatic heterocycles. The Hall–Kier alpha value is -2.67. The Bertz CT molecular complexity index is 1050. The smallest absolute Gasteiger partial charge is 0.233 e. The van der Waals surface area contributed by atoms with E-state index in [0.717, 1.165) is 21.9 Å². The SMILES string of the molecule is O=S(=O)(C=Cc1ccccc1)NCCc1ccc2ccccc2c1OCCO. The van der Waals surface area contributed by atoms with Gasteiger partial charge in [-0.3, -0.25) is 0 Å². The van der Waals surface area contributed by atoms with Crippen molar-refractivity contribution in [1.82, 2.24) is 4.72 Å². The largest absolute Gasteiger partial charge is 0.490 e. The van der Waals surface area contributed by atoms with Crippen molar-refractivity contribution < 1.29 is 18.3 Å². The molecule has 0 bridgehead atoms. The summed E-state index contributed by atoms with van der Waals surface area (Å²) in [5, 5.41) is 12.3. The van der Waals surface area contributed by atoms with Crippen LogP contribution in [-0.2, 0) is 16.4 Å². The van der Waals surface area contributed by atoms with Crippen molar-refractivity contribution >= 4 is 26.9 Å². The van der Waals surface area contributed by atoms with Crippen LogP contribution in [0.3, 0.4) is 0 Å². The maximum absolute atomic E-state index is 12.2. The molecule has 0 atom stereocenters. The average molecular weight is 397 g/mol. The van der Waals surface area contributed by atoms with E-state index in [-0.39, 0.29) is 19.8 Å². The summed E-state index contributed by atoms with van der Waals surface area (Å²) in [5.41, 5.74) is 1.71. The maximum Gasteiger partial charge on any atom is 0.233 e. The van der Waals surface area contributed by atoms with Crippen molar-refractivity contribution in [2.75, 3.05) is 19.8 Å². The lowest BCUT2D eigenvalue weighted by Crippen LogP contribution is -2.24. The van der Waals surface area contributed by atoms with Crippen LogP contribution in [0.1, 0.15) is 11.1 Å². The first-order valence-electron chi connectivity index (χ1n) is 9.06. The van der Waals surface area contributed by atoms with Crippen LogP contribution in [0, 0.1) is 0 Å². The van der Waals surface area contributed by atoms with E-state index < -0.39 is 10.0 Å². The van der Waals surface area contributed by atoms with E-state index in [0.29, 0.717) is 12.2 Å². The van der Waals surface area contributed by atoms with Crippen molar-refractivity contribution in [2.24, 2.45) is 0 Å². The fourth-order valence-electron chi connectivity index (χ4n) is 2.91. The first kappa shape index (κ1) is 20.1. The quantitative estimate of drug-likeness (QED) is 0.581. The maximum atomic E-state index is 12.2. The molecule has 0 aliphatic rings. The second kappa shape index (κ2) is 9.50. The molecule has 3 aromatic carbocycles. The summed E-state index contributed by atoms with van der Waals surface area (Å²) in [6.07, 6.45) is 2.04. The molecule has 0 amide bonds. The third-order valence-corrected chi connectivity index (χ3v) is 5.34. The van der Waals surface area contributed by atoms with Gasteiger partial charge >= 0.3 is 0 Å². The number of nitrogens with one attached hydrogen (secondary N) is 1. The Balaban J connectivity index is 1.70. The highest BCUT2D eigenvalue weighted by molar-refractivity contribution is 7.92. The van der Waals surface area contributed by atoms with Crippen molar-refractivity contribution in [1.29, 1.82) is 0 Å². The van der Waals surface area contributed by atoms with E-state index in [1.807, 2.05) is 66.7 Å². The second-order valence-electron chi connectivity index (χ2n) is 6.25. The highest BCUT2D eigenvalue weighted by atomic mass is 32.2. The van der Waals surface area contributed by atoms with Crippen LogP contribution in [0.25, 0.3) is 16.8 Å². The minimum absolute atomic E-state index is 0.0838. The van der Waals surface area contributed by atoms with Gasteiger partial charge in [0, 0.05) is 17.3 Å². The molecule has 0 saturated heterocycles. The number of rotatable bonds is 9. The Morgan fingerprint density at radius 3 is 2.50 bits per heavy atom. The number of benzene rings is 3. The van der Waals surface area contributed by atoms with E-state index in [1.54, 1.807) is 6.08 Å². The van der Waals surface area contributed by atoms with Gasteiger partial charge in [0.25, 0.3) is 0 Å². The molecular weight excluding hydrogens is 374 g/mol. The van der Waals surface area contributed by atoms with E-state index in [1.165, 1.54) is 5.41 Å². The molecule has 0 unspecified atom stereocenters. The third-order valence-electron chi connectivity index (χ3n) is 4.24. The first-order valence-corrected chi connectivity index (χ1v) is 10.6. The topological polar surface area (TPSA) is 75.6 Å². The van der Waals surface area contributed by atoms with Gasteiger partial charge in [-0.05, 0) is 29.0 Å². The highest BCUT2D eigenvalue weighted by Gasteiger charge is 2.11. The molecule has 0 aliphatic carbocycles. The van der Waals surface area contributed by atoms with Crippen molar-refractivity contribution in [3.8, 4) is 5.75 Å². The molecule has 0 aromatic heterocycles. The van der Waals surface area contributed by atoms with Crippen LogP contribution >= 0.6 is 0 Å². The zero-order chi connectivity index (χ0) is 19.8. The minimum atomic E-state index is -3.53. The van der Waals surface area contributed by atoms with Crippen LogP contribution in [0.15, 0.2) is 72.1 Å². The summed E-state index contributed by atoms with van der Waals surface area (Å²) >= 11 is 0. The van der Waals surface area contributed by atoms with Gasteiger partial charge in [-0.1, -0.05) is 66.7 Å². The standard InChI is InChI=1S/C22H23NO4S/c24-15-16-27-22-20(11-10-19-8-4-5-9-21(19)22)12-14-23-28(25,26)17-13-18-6-2-1-3-7-18/h1-11,13,17,23-24H,12,14-16H2. The Morgan fingerprint density at radius 2 is 1.71 bits per heavy atom. The molecule has 0 spiro atoms. The number of aliphatic hydroxyl groups is 1. The van der Waals surface area contributed by atoms with Gasteiger partial charge in [0.05, 0.1) is 6.61 Å². The second-order valence-corrected chi connectivity index (χ2v) is 7.90. The lowest BCUT2D eigenvalue weighted by atomic mass is 10.0. The number of sulfonamides is 1. The molecule has 146 valence electrons. The number of hydrogen-bond donors (Lipinski definition) is 2. The zero-order valence-electron chi connectivity index (χ0n) is 15.4. The zero-order valence-corrected chi connectivity index (χ0v) is 16.2. The van der Waals surface area contributed by atoms with Crippen LogP contribution in [0.5, 0.6) is 5.75 Å². The number of hydrogen-bond acceptors (Lipinski definition) is 4. The minimum Gasteiger partial charge on any atom is -0.490 e. The average Bonchev–Trinajstić information content (AvgIpc) is 2.72. The lowest BCUT2D eigenvalue weighted by Gasteiger charge is -2.14. The number of fused-ring (bicyclic) bond motifs is 1. The summed E-state index contributed by atoms with van der Waals surface area (Å²) in [5.74, 6) is 0.686. The molecule has 3 aromatic rings. The molecule has 6 heteroatoms. The van der Waals surface area contributed by atoms with Gasteiger partial charge < -0.3 is 9.84 Å². The molecule has 2 N–H and O–H groups in total. The summed E-state index contributed by atoms with van der Waals surface area (Å²) in [6.45, 7) is 0.349. The molecule has 0 saturated carbocycles. The normalized spacial score (nSPS) is 11.9. The van der Waals surface area contributed by atoms with E-state index in [4.69, 9.17) is 9.84 Å². The van der Waals surface area contributed by atoms with Gasteiger partial charge in [0.1, 0.15) is 12.4 Å². The molecule has 28 heavy (non-hydrogen) atoms. The Morgan fingerprint density at radius 1 is 0.964 bits per heavy atom. The van der Waals surface area contributed by atoms with Gasteiger partial charge in [0.15, 0.2) is 0 Å².